The van der Waals surface area contributed by atoms with Crippen molar-refractivity contribution in [2.75, 3.05) is 13.2 Å². The lowest BCUT2D eigenvalue weighted by molar-refractivity contribution is -0.0812. The van der Waals surface area contributed by atoms with E-state index in [9.17, 15) is 4.79 Å². The van der Waals surface area contributed by atoms with Crippen LogP contribution in [0.15, 0.2) is 42.5 Å². The van der Waals surface area contributed by atoms with Gasteiger partial charge in [0.25, 0.3) is 0 Å². The van der Waals surface area contributed by atoms with Gasteiger partial charge in [-0.1, -0.05) is 42.5 Å². The summed E-state index contributed by atoms with van der Waals surface area (Å²) in [4.78, 5) is 14.6. The van der Waals surface area contributed by atoms with Crippen LogP contribution in [-0.2, 0) is 9.47 Å². The highest BCUT2D eigenvalue weighted by molar-refractivity contribution is 5.69. The van der Waals surface area contributed by atoms with Gasteiger partial charge in [-0.3, -0.25) is 4.90 Å². The van der Waals surface area contributed by atoms with Gasteiger partial charge in [0.05, 0.1) is 12.6 Å². The highest BCUT2D eigenvalue weighted by atomic mass is 16.6. The van der Waals surface area contributed by atoms with E-state index in [0.717, 1.165) is 18.4 Å². The van der Waals surface area contributed by atoms with Crippen LogP contribution in [0.1, 0.15) is 45.2 Å². The molecule has 0 aromatic heterocycles. The molecule has 2 aliphatic heterocycles. The molecule has 1 fully saturated rings. The zero-order valence-corrected chi connectivity index (χ0v) is 14.1. The van der Waals surface area contributed by atoms with Crippen molar-refractivity contribution in [3.63, 3.8) is 0 Å². The van der Waals surface area contributed by atoms with Crippen LogP contribution in [0.2, 0.25) is 0 Å². The van der Waals surface area contributed by atoms with Gasteiger partial charge < -0.3 is 9.47 Å². The van der Waals surface area contributed by atoms with E-state index >= 15 is 0 Å². The van der Waals surface area contributed by atoms with Gasteiger partial charge >= 0.3 is 6.09 Å². The van der Waals surface area contributed by atoms with Crippen LogP contribution in [0, 0.1) is 0 Å². The first-order chi connectivity index (χ1) is 10.9. The Hall–Kier alpha value is -1.81. The summed E-state index contributed by atoms with van der Waals surface area (Å²) in [5, 5.41) is 0. The number of carbonyl (C=O) groups excluding carboxylic acids is 1. The molecule has 1 aromatic carbocycles. The molecule has 0 radical (unpaired) electrons. The van der Waals surface area contributed by atoms with E-state index in [1.54, 1.807) is 0 Å². The molecule has 0 N–H and O–H groups in total. The first-order valence-corrected chi connectivity index (χ1v) is 8.28. The number of nitrogens with zero attached hydrogens (tertiary/aromatic N) is 1. The summed E-state index contributed by atoms with van der Waals surface area (Å²) < 4.78 is 11.7. The maximum atomic E-state index is 12.8. The molecular weight excluding hydrogens is 290 g/mol. The molecule has 2 heterocycles. The Morgan fingerprint density at radius 2 is 2.04 bits per heavy atom. The van der Waals surface area contributed by atoms with Gasteiger partial charge in [0, 0.05) is 6.54 Å². The number of amides is 1. The van der Waals surface area contributed by atoms with Gasteiger partial charge in [-0.2, -0.15) is 0 Å². The van der Waals surface area contributed by atoms with E-state index in [0.29, 0.717) is 13.2 Å². The molecule has 2 atom stereocenters. The molecule has 1 spiro atoms. The first kappa shape index (κ1) is 16.1. The van der Waals surface area contributed by atoms with Gasteiger partial charge in [-0.05, 0) is 39.2 Å². The zero-order chi connectivity index (χ0) is 16.5. The largest absolute Gasteiger partial charge is 0.444 e. The van der Waals surface area contributed by atoms with Crippen LogP contribution in [0.4, 0.5) is 4.79 Å². The predicted molar refractivity (Wildman–Crippen MR) is 89.2 cm³/mol. The van der Waals surface area contributed by atoms with E-state index in [-0.39, 0.29) is 12.1 Å². The minimum absolute atomic E-state index is 0.147. The summed E-state index contributed by atoms with van der Waals surface area (Å²) in [6.07, 6.45) is 5.74. The number of ether oxygens (including phenoxy) is 2. The predicted octanol–water partition coefficient (Wildman–Crippen LogP) is 4.08. The summed E-state index contributed by atoms with van der Waals surface area (Å²) in [5.74, 6) is 0. The lowest BCUT2D eigenvalue weighted by Gasteiger charge is -2.47. The molecule has 1 amide bonds. The molecule has 2 unspecified atom stereocenters. The third-order valence-electron chi connectivity index (χ3n) is 4.33. The van der Waals surface area contributed by atoms with E-state index in [4.69, 9.17) is 9.47 Å². The first-order valence-electron chi connectivity index (χ1n) is 8.28. The second-order valence-corrected chi connectivity index (χ2v) is 7.26. The third kappa shape index (κ3) is 3.27. The molecule has 3 rings (SSSR count). The molecule has 0 bridgehead atoms. The lowest BCUT2D eigenvalue weighted by atomic mass is 9.81. The highest BCUT2D eigenvalue weighted by Gasteiger charge is 2.48. The summed E-state index contributed by atoms with van der Waals surface area (Å²) in [6.45, 7) is 6.98. The topological polar surface area (TPSA) is 38.8 Å². The van der Waals surface area contributed by atoms with Crippen LogP contribution in [-0.4, -0.2) is 35.3 Å². The molecule has 4 nitrogen and oxygen atoms in total. The average molecular weight is 315 g/mol. The van der Waals surface area contributed by atoms with Crippen LogP contribution in [0.25, 0.3) is 0 Å². The molecule has 4 heteroatoms. The summed E-state index contributed by atoms with van der Waals surface area (Å²) in [5.41, 5.74) is 0.149. The van der Waals surface area contributed by atoms with Crippen molar-refractivity contribution < 1.29 is 14.3 Å². The standard InChI is InChI=1S/C19H25NO3/c1-18(2,3)23-17(21)20-13-7-11-19(12-8-14-22-19)16(20)15-9-5-4-6-10-15/h4-6,8-10,12,16H,7,11,13-14H2,1-3H3. The fourth-order valence-corrected chi connectivity index (χ4v) is 3.49. The number of hydrogen-bond donors (Lipinski definition) is 0. The van der Waals surface area contributed by atoms with Crippen molar-refractivity contribution in [1.29, 1.82) is 0 Å². The zero-order valence-electron chi connectivity index (χ0n) is 14.1. The Kier molecular flexibility index (Phi) is 4.19. The van der Waals surface area contributed by atoms with E-state index in [2.05, 4.69) is 24.3 Å². The molecule has 1 saturated heterocycles. The number of likely N-dealkylation sites (tertiary alicyclic amines) is 1. The van der Waals surface area contributed by atoms with Crippen LogP contribution in [0.5, 0.6) is 0 Å². The van der Waals surface area contributed by atoms with Crippen LogP contribution < -0.4 is 0 Å². The smallest absolute Gasteiger partial charge is 0.410 e. The fraction of sp³-hybridized carbons (Fsp3) is 0.526. The second kappa shape index (κ2) is 6.00. The lowest BCUT2D eigenvalue weighted by Crippen LogP contribution is -2.53. The number of hydrogen-bond acceptors (Lipinski definition) is 3. The second-order valence-electron chi connectivity index (χ2n) is 7.26. The van der Waals surface area contributed by atoms with E-state index in [1.165, 1.54) is 0 Å². The summed E-state index contributed by atoms with van der Waals surface area (Å²) in [6, 6.07) is 9.97. The quantitative estimate of drug-likeness (QED) is 0.733. The molecular formula is C19H25NO3. The highest BCUT2D eigenvalue weighted by Crippen LogP contribution is 2.45. The van der Waals surface area contributed by atoms with Gasteiger partial charge in [-0.15, -0.1) is 0 Å². The normalized spacial score (nSPS) is 27.4. The van der Waals surface area contributed by atoms with Crippen molar-refractivity contribution in [2.45, 2.75) is 50.9 Å². The number of piperidine rings is 1. The third-order valence-corrected chi connectivity index (χ3v) is 4.33. The van der Waals surface area contributed by atoms with Gasteiger partial charge in [0.15, 0.2) is 0 Å². The monoisotopic (exact) mass is 315 g/mol. The molecule has 124 valence electrons. The fourth-order valence-electron chi connectivity index (χ4n) is 3.49. The Bertz CT molecular complexity index is 590. The van der Waals surface area contributed by atoms with Crippen molar-refractivity contribution >= 4 is 6.09 Å². The van der Waals surface area contributed by atoms with Gasteiger partial charge in [-0.25, -0.2) is 4.79 Å². The Morgan fingerprint density at radius 1 is 1.30 bits per heavy atom. The molecule has 23 heavy (non-hydrogen) atoms. The van der Waals surface area contributed by atoms with Crippen molar-refractivity contribution in [2.24, 2.45) is 0 Å². The molecule has 1 aromatic rings. The van der Waals surface area contributed by atoms with Crippen LogP contribution in [0.3, 0.4) is 0 Å². The summed E-state index contributed by atoms with van der Waals surface area (Å²) >= 11 is 0. The SMILES string of the molecule is CC(C)(C)OC(=O)N1CCCC2(C=CCO2)C1c1ccccc1. The molecule has 0 aliphatic carbocycles. The van der Waals surface area contributed by atoms with E-state index < -0.39 is 11.2 Å². The minimum Gasteiger partial charge on any atom is -0.444 e. The Balaban J connectivity index is 1.96. The van der Waals surface area contributed by atoms with E-state index in [1.807, 2.05) is 43.9 Å². The number of carbonyl (C=O) groups is 1. The maximum absolute atomic E-state index is 12.8. The Morgan fingerprint density at radius 3 is 2.65 bits per heavy atom. The maximum Gasteiger partial charge on any atom is 0.410 e. The Labute approximate surface area is 138 Å². The van der Waals surface area contributed by atoms with Crippen LogP contribution >= 0.6 is 0 Å². The van der Waals surface area contributed by atoms with Crippen molar-refractivity contribution in [3.8, 4) is 0 Å². The number of benzene rings is 1. The van der Waals surface area contributed by atoms with Crippen molar-refractivity contribution in [1.82, 2.24) is 4.90 Å². The van der Waals surface area contributed by atoms with Gasteiger partial charge in [0.1, 0.15) is 11.2 Å². The van der Waals surface area contributed by atoms with Gasteiger partial charge in [0.2, 0.25) is 0 Å². The minimum atomic E-state index is -0.505. The number of rotatable bonds is 1. The average Bonchev–Trinajstić information content (AvgIpc) is 2.95. The van der Waals surface area contributed by atoms with Crippen molar-refractivity contribution in [3.05, 3.63) is 48.0 Å². The summed E-state index contributed by atoms with van der Waals surface area (Å²) in [7, 11) is 0. The molecule has 0 saturated carbocycles. The molecule has 2 aliphatic rings.